The number of anilines is 1. The molecule has 1 amide bonds. The lowest BCUT2D eigenvalue weighted by Gasteiger charge is -2.19. The fraction of sp³-hybridized carbons (Fsp3) is 0.250. The van der Waals surface area contributed by atoms with Crippen molar-refractivity contribution in [2.24, 2.45) is 5.92 Å². The number of carbonyl (C=O) groups excluding carboxylic acids is 3. The Morgan fingerprint density at radius 1 is 0.972 bits per heavy atom. The van der Waals surface area contributed by atoms with E-state index in [0.29, 0.717) is 27.8 Å². The number of hydrogen-bond donors (Lipinski definition) is 0. The van der Waals surface area contributed by atoms with E-state index >= 15 is 0 Å². The zero-order valence-corrected chi connectivity index (χ0v) is 21.2. The fourth-order valence-electron chi connectivity index (χ4n) is 3.93. The van der Waals surface area contributed by atoms with E-state index in [1.807, 2.05) is 31.2 Å². The Balaban J connectivity index is 1.39. The number of esters is 1. The Hall–Kier alpha value is -3.35. The molecule has 3 aromatic rings. The molecule has 1 saturated heterocycles. The van der Waals surface area contributed by atoms with Gasteiger partial charge in [0.15, 0.2) is 6.10 Å². The number of Topliss-reactive ketones (excluding diaryl/α,β-unsaturated/α-hetero) is 1. The number of nitrogens with zero attached hydrogens (tertiary/aromatic N) is 1. The quantitative estimate of drug-likeness (QED) is 0.188. The summed E-state index contributed by atoms with van der Waals surface area (Å²) in [6.45, 7) is 2.17. The first-order valence-electron chi connectivity index (χ1n) is 11.5. The van der Waals surface area contributed by atoms with Gasteiger partial charge in [-0.1, -0.05) is 29.3 Å². The average Bonchev–Trinajstić information content (AvgIpc) is 3.27. The summed E-state index contributed by atoms with van der Waals surface area (Å²) in [5, 5.41) is 0.497. The molecular formula is C28H25Cl2NO5. The van der Waals surface area contributed by atoms with E-state index in [9.17, 15) is 14.4 Å². The topological polar surface area (TPSA) is 72.9 Å². The number of ketones is 1. The molecule has 1 fully saturated rings. The molecule has 1 heterocycles. The Bertz CT molecular complexity index is 1230. The number of ether oxygens (including phenoxy) is 2. The maximum atomic E-state index is 12.9. The second kappa shape index (κ2) is 11.6. The van der Waals surface area contributed by atoms with E-state index in [1.165, 1.54) is 0 Å². The van der Waals surface area contributed by atoms with Crippen LogP contribution in [0.1, 0.15) is 28.8 Å². The largest absolute Gasteiger partial charge is 0.457 e. The van der Waals surface area contributed by atoms with Crippen molar-refractivity contribution in [1.82, 2.24) is 0 Å². The highest BCUT2D eigenvalue weighted by Gasteiger charge is 2.38. The Morgan fingerprint density at radius 2 is 1.58 bits per heavy atom. The molecule has 3 aromatic carbocycles. The molecule has 36 heavy (non-hydrogen) atoms. The first kappa shape index (κ1) is 25.7. The summed E-state index contributed by atoms with van der Waals surface area (Å²) in [6, 6.07) is 21.1. The summed E-state index contributed by atoms with van der Waals surface area (Å²) >= 11 is 11.8. The number of benzene rings is 3. The van der Waals surface area contributed by atoms with Crippen LogP contribution >= 0.6 is 23.2 Å². The predicted octanol–water partition coefficient (Wildman–Crippen LogP) is 6.22. The lowest BCUT2D eigenvalue weighted by atomic mass is 10.0. The van der Waals surface area contributed by atoms with E-state index in [2.05, 4.69) is 0 Å². The molecule has 186 valence electrons. The van der Waals surface area contributed by atoms with Crippen LogP contribution in [0.2, 0.25) is 5.02 Å². The van der Waals surface area contributed by atoms with Crippen LogP contribution in [0.5, 0.6) is 11.5 Å². The van der Waals surface area contributed by atoms with E-state index in [1.54, 1.807) is 53.4 Å². The number of halogens is 2. The minimum Gasteiger partial charge on any atom is -0.457 e. The van der Waals surface area contributed by atoms with Crippen molar-refractivity contribution in [3.63, 3.8) is 0 Å². The first-order valence-corrected chi connectivity index (χ1v) is 12.5. The van der Waals surface area contributed by atoms with Crippen LogP contribution in [0, 0.1) is 12.8 Å². The van der Waals surface area contributed by atoms with Gasteiger partial charge < -0.3 is 14.4 Å². The summed E-state index contributed by atoms with van der Waals surface area (Å²) in [5.74, 6) is -0.334. The molecule has 1 aliphatic rings. The third-order valence-electron chi connectivity index (χ3n) is 5.91. The Kier molecular flexibility index (Phi) is 8.28. The number of carbonyl (C=O) groups is 3. The molecule has 6 nitrogen and oxygen atoms in total. The van der Waals surface area contributed by atoms with Crippen molar-refractivity contribution >= 4 is 46.5 Å². The van der Waals surface area contributed by atoms with Crippen molar-refractivity contribution in [2.75, 3.05) is 17.3 Å². The molecule has 0 aliphatic carbocycles. The summed E-state index contributed by atoms with van der Waals surface area (Å²) in [4.78, 5) is 40.0. The van der Waals surface area contributed by atoms with Crippen LogP contribution < -0.4 is 9.64 Å². The van der Waals surface area contributed by atoms with Gasteiger partial charge >= 0.3 is 5.97 Å². The third-order valence-corrected chi connectivity index (χ3v) is 6.38. The van der Waals surface area contributed by atoms with Crippen LogP contribution in [-0.4, -0.2) is 36.2 Å². The van der Waals surface area contributed by atoms with Crippen molar-refractivity contribution in [3.05, 3.63) is 88.9 Å². The molecule has 8 heteroatoms. The van der Waals surface area contributed by atoms with Gasteiger partial charge in [0.05, 0.1) is 5.92 Å². The number of hydrogen-bond acceptors (Lipinski definition) is 5. The van der Waals surface area contributed by atoms with Crippen molar-refractivity contribution in [3.8, 4) is 11.5 Å². The summed E-state index contributed by atoms with van der Waals surface area (Å²) < 4.78 is 11.4. The molecular weight excluding hydrogens is 501 g/mol. The van der Waals surface area contributed by atoms with E-state index in [-0.39, 0.29) is 37.0 Å². The van der Waals surface area contributed by atoms with Gasteiger partial charge in [-0.2, -0.15) is 0 Å². The zero-order chi connectivity index (χ0) is 25.7. The van der Waals surface area contributed by atoms with Crippen molar-refractivity contribution in [1.29, 1.82) is 0 Å². The molecule has 1 aliphatic heterocycles. The van der Waals surface area contributed by atoms with Gasteiger partial charge in [0.2, 0.25) is 11.7 Å². The monoisotopic (exact) mass is 525 g/mol. The number of amides is 1. The van der Waals surface area contributed by atoms with Gasteiger partial charge in [-0.25, -0.2) is 0 Å². The molecule has 0 N–H and O–H groups in total. The molecule has 0 aromatic heterocycles. The van der Waals surface area contributed by atoms with Crippen LogP contribution in [0.15, 0.2) is 72.8 Å². The van der Waals surface area contributed by atoms with E-state index in [0.717, 1.165) is 5.56 Å². The fourth-order valence-corrected chi connectivity index (χ4v) is 4.25. The predicted molar refractivity (Wildman–Crippen MR) is 139 cm³/mol. The lowest BCUT2D eigenvalue weighted by Crippen LogP contribution is -2.32. The third kappa shape index (κ3) is 6.25. The summed E-state index contributed by atoms with van der Waals surface area (Å²) in [5.41, 5.74) is 2.17. The van der Waals surface area contributed by atoms with Crippen molar-refractivity contribution in [2.45, 2.75) is 25.9 Å². The van der Waals surface area contributed by atoms with Gasteiger partial charge in [0, 0.05) is 41.5 Å². The molecule has 0 radical (unpaired) electrons. The highest BCUT2D eigenvalue weighted by molar-refractivity contribution is 6.30. The van der Waals surface area contributed by atoms with Gasteiger partial charge in [-0.15, -0.1) is 11.6 Å². The number of alkyl halides is 1. The number of aryl methyl sites for hydroxylation is 1. The molecule has 0 bridgehead atoms. The molecule has 0 saturated carbocycles. The van der Waals surface area contributed by atoms with Crippen LogP contribution in [0.3, 0.4) is 0 Å². The maximum absolute atomic E-state index is 12.9. The normalized spacial score (nSPS) is 16.0. The second-order valence-corrected chi connectivity index (χ2v) is 9.40. The van der Waals surface area contributed by atoms with Crippen molar-refractivity contribution < 1.29 is 23.9 Å². The SMILES string of the molecule is Cc1ccc(Oc2ccc(N3C[C@@H](C(=O)O[C@H](CCCl)C(=O)c4ccc(Cl)cc4)CC3=O)cc2)cc1. The van der Waals surface area contributed by atoms with Gasteiger partial charge in [0.1, 0.15) is 11.5 Å². The Morgan fingerprint density at radius 3 is 2.19 bits per heavy atom. The van der Waals surface area contributed by atoms with E-state index in [4.69, 9.17) is 32.7 Å². The maximum Gasteiger partial charge on any atom is 0.312 e. The molecule has 2 atom stereocenters. The number of rotatable bonds is 9. The summed E-state index contributed by atoms with van der Waals surface area (Å²) in [6.07, 6.45) is -0.858. The van der Waals surface area contributed by atoms with Crippen LogP contribution in [0.4, 0.5) is 5.69 Å². The Labute approximate surface area is 219 Å². The minimum atomic E-state index is -1.03. The lowest BCUT2D eigenvalue weighted by molar-refractivity contribution is -0.151. The van der Waals surface area contributed by atoms with Crippen LogP contribution in [-0.2, 0) is 14.3 Å². The minimum absolute atomic E-state index is 0.00316. The van der Waals surface area contributed by atoms with Gasteiger partial charge in [-0.3, -0.25) is 14.4 Å². The van der Waals surface area contributed by atoms with Crippen LogP contribution in [0.25, 0.3) is 0 Å². The van der Waals surface area contributed by atoms with E-state index < -0.39 is 18.0 Å². The average molecular weight is 526 g/mol. The molecule has 0 unspecified atom stereocenters. The first-order chi connectivity index (χ1) is 17.3. The highest BCUT2D eigenvalue weighted by Crippen LogP contribution is 2.30. The second-order valence-electron chi connectivity index (χ2n) is 8.59. The standard InChI is InChI=1S/C28H25Cl2NO5/c1-18-2-10-23(11-3-18)35-24-12-8-22(9-13-24)31-17-20(16-26(31)32)28(34)36-25(14-15-29)27(33)19-4-6-21(30)7-5-19/h2-13,20,25H,14-17H2,1H3/t20-,25+/m0/s1. The molecule has 0 spiro atoms. The zero-order valence-electron chi connectivity index (χ0n) is 19.7. The highest BCUT2D eigenvalue weighted by atomic mass is 35.5. The van der Waals surface area contributed by atoms with Gasteiger partial charge in [-0.05, 0) is 67.6 Å². The smallest absolute Gasteiger partial charge is 0.312 e. The molecule has 4 rings (SSSR count). The van der Waals surface area contributed by atoms with Gasteiger partial charge in [0.25, 0.3) is 0 Å². The summed E-state index contributed by atoms with van der Waals surface area (Å²) in [7, 11) is 0.